The number of para-hydroxylation sites is 4. The van der Waals surface area contributed by atoms with E-state index in [1.54, 1.807) is 0 Å². The molecule has 0 saturated carbocycles. The summed E-state index contributed by atoms with van der Waals surface area (Å²) < 4.78 is 9.34. The molecule has 0 saturated heterocycles. The molecule has 0 aliphatic heterocycles. The molecule has 0 fully saturated rings. The van der Waals surface area contributed by atoms with E-state index in [-0.39, 0.29) is 0 Å². The Morgan fingerprint density at radius 2 is 0.892 bits per heavy atom. The minimum absolute atomic E-state index is 0.859. The van der Waals surface area contributed by atoms with Crippen molar-refractivity contribution in [3.8, 4) is 39.1 Å². The molecule has 0 amide bonds. The number of anilines is 3. The summed E-state index contributed by atoms with van der Waals surface area (Å²) in [5.41, 5.74) is 15.1. The molecule has 0 spiro atoms. The summed E-state index contributed by atoms with van der Waals surface area (Å²) in [7, 11) is 0. The molecule has 3 heteroatoms. The minimum Gasteiger partial charge on any atom is -0.455 e. The number of rotatable bonds is 7. The van der Waals surface area contributed by atoms with Gasteiger partial charge in [0.15, 0.2) is 0 Å². The second-order valence-electron chi connectivity index (χ2n) is 16.8. The van der Waals surface area contributed by atoms with Crippen molar-refractivity contribution in [2.24, 2.45) is 0 Å². The van der Waals surface area contributed by atoms with Crippen molar-refractivity contribution in [2.45, 2.75) is 0 Å². The molecular formula is C62H40N2O. The van der Waals surface area contributed by atoms with Crippen LogP contribution in [0.15, 0.2) is 247 Å². The normalized spacial score (nSPS) is 11.7. The number of hydrogen-bond acceptors (Lipinski definition) is 2. The number of nitrogens with zero attached hydrogens (tertiary/aromatic N) is 2. The Morgan fingerprint density at radius 3 is 1.69 bits per heavy atom. The van der Waals surface area contributed by atoms with E-state index in [2.05, 4.69) is 252 Å². The van der Waals surface area contributed by atoms with E-state index in [1.807, 2.05) is 0 Å². The fraction of sp³-hybridized carbons (Fsp3) is 0. The van der Waals surface area contributed by atoms with Gasteiger partial charge in [0, 0.05) is 49.7 Å². The van der Waals surface area contributed by atoms with Gasteiger partial charge in [-0.25, -0.2) is 0 Å². The number of aromatic nitrogens is 1. The third-order valence-corrected chi connectivity index (χ3v) is 13.1. The zero-order valence-electron chi connectivity index (χ0n) is 35.4. The monoisotopic (exact) mass is 828 g/mol. The molecule has 13 rings (SSSR count). The summed E-state index contributed by atoms with van der Waals surface area (Å²) in [6, 6.07) is 87.8. The van der Waals surface area contributed by atoms with E-state index in [1.165, 1.54) is 43.4 Å². The molecule has 2 aromatic heterocycles. The second kappa shape index (κ2) is 15.0. The molecule has 0 aliphatic carbocycles. The van der Waals surface area contributed by atoms with Gasteiger partial charge in [-0.15, -0.1) is 0 Å². The highest BCUT2D eigenvalue weighted by Gasteiger charge is 2.23. The first-order valence-electron chi connectivity index (χ1n) is 22.2. The zero-order valence-corrected chi connectivity index (χ0v) is 35.4. The van der Waals surface area contributed by atoms with Crippen molar-refractivity contribution in [1.82, 2.24) is 4.57 Å². The van der Waals surface area contributed by atoms with Gasteiger partial charge in [0.25, 0.3) is 0 Å². The van der Waals surface area contributed by atoms with Crippen LogP contribution in [-0.4, -0.2) is 4.57 Å². The predicted molar refractivity (Wildman–Crippen MR) is 274 cm³/mol. The maximum Gasteiger partial charge on any atom is 0.143 e. The van der Waals surface area contributed by atoms with Gasteiger partial charge < -0.3 is 13.9 Å². The first-order chi connectivity index (χ1) is 32.2. The van der Waals surface area contributed by atoms with Gasteiger partial charge >= 0.3 is 0 Å². The summed E-state index contributed by atoms with van der Waals surface area (Å²) in [5.74, 6) is 0. The van der Waals surface area contributed by atoms with Crippen LogP contribution in [-0.2, 0) is 0 Å². The maximum atomic E-state index is 6.93. The Balaban J connectivity index is 1.08. The Morgan fingerprint density at radius 1 is 0.308 bits per heavy atom. The average molecular weight is 829 g/mol. The Hall–Kier alpha value is -8.66. The number of furan rings is 1. The maximum absolute atomic E-state index is 6.93. The third kappa shape index (κ3) is 6.05. The lowest BCUT2D eigenvalue weighted by Gasteiger charge is -2.27. The van der Waals surface area contributed by atoms with Crippen molar-refractivity contribution in [3.05, 3.63) is 243 Å². The van der Waals surface area contributed by atoms with E-state index in [4.69, 9.17) is 4.42 Å². The van der Waals surface area contributed by atoms with Crippen LogP contribution in [0.1, 0.15) is 0 Å². The first-order valence-corrected chi connectivity index (χ1v) is 22.2. The van der Waals surface area contributed by atoms with E-state index >= 15 is 0 Å². The predicted octanol–water partition coefficient (Wildman–Crippen LogP) is 17.5. The molecule has 13 aromatic rings. The van der Waals surface area contributed by atoms with E-state index in [0.717, 1.165) is 78.0 Å². The molecule has 65 heavy (non-hydrogen) atoms. The highest BCUT2D eigenvalue weighted by molar-refractivity contribution is 6.15. The van der Waals surface area contributed by atoms with Crippen LogP contribution in [0, 0.1) is 0 Å². The molecule has 2 heterocycles. The second-order valence-corrected chi connectivity index (χ2v) is 16.8. The molecule has 0 radical (unpaired) electrons. The summed E-state index contributed by atoms with van der Waals surface area (Å²) in [5, 5.41) is 9.58. The van der Waals surface area contributed by atoms with Gasteiger partial charge in [0.05, 0.1) is 16.7 Å². The molecule has 0 aliphatic rings. The van der Waals surface area contributed by atoms with Gasteiger partial charge in [-0.2, -0.15) is 0 Å². The highest BCUT2D eigenvalue weighted by Crippen LogP contribution is 2.47. The van der Waals surface area contributed by atoms with Crippen molar-refractivity contribution < 1.29 is 4.42 Å². The number of hydrogen-bond donors (Lipinski definition) is 0. The van der Waals surface area contributed by atoms with E-state index in [9.17, 15) is 0 Å². The molecule has 11 aromatic carbocycles. The average Bonchev–Trinajstić information content (AvgIpc) is 3.92. The molecule has 304 valence electrons. The number of fused-ring (bicyclic) bond motifs is 9. The van der Waals surface area contributed by atoms with Gasteiger partial charge in [0.1, 0.15) is 11.2 Å². The summed E-state index contributed by atoms with van der Waals surface area (Å²) in [6.45, 7) is 0. The summed E-state index contributed by atoms with van der Waals surface area (Å²) in [4.78, 5) is 2.42. The van der Waals surface area contributed by atoms with Crippen molar-refractivity contribution in [3.63, 3.8) is 0 Å². The molecule has 0 N–H and O–H groups in total. The standard InChI is InChI=1S/C62H40N2O/c1-2-17-41(18-3-1)43-20-14-22-45(37-43)63(46-23-15-21-44(38-46)49-29-16-30-50-48-24-5-4-19-42(48)35-36-51(49)50)47-39-56(62-57(40-47)55-28-9-13-34-61(55)65-62)54-27-8-12-33-60(54)64-58-31-10-6-25-52(58)53-26-7-11-32-59(53)64/h1-40H. The fourth-order valence-corrected chi connectivity index (χ4v) is 10.2. The quantitative estimate of drug-likeness (QED) is 0.149. The minimum atomic E-state index is 0.859. The third-order valence-electron chi connectivity index (χ3n) is 13.1. The van der Waals surface area contributed by atoms with Crippen LogP contribution in [0.25, 0.3) is 104 Å². The van der Waals surface area contributed by atoms with E-state index in [0.29, 0.717) is 0 Å². The Labute approximate surface area is 376 Å². The lowest BCUT2D eigenvalue weighted by Crippen LogP contribution is -2.10. The van der Waals surface area contributed by atoms with Crippen LogP contribution >= 0.6 is 0 Å². The topological polar surface area (TPSA) is 21.3 Å². The molecule has 0 atom stereocenters. The Bertz CT molecular complexity index is 3920. The zero-order chi connectivity index (χ0) is 42.8. The van der Waals surface area contributed by atoms with Crippen molar-refractivity contribution in [2.75, 3.05) is 4.90 Å². The van der Waals surface area contributed by atoms with Gasteiger partial charge in [0.2, 0.25) is 0 Å². The van der Waals surface area contributed by atoms with Crippen LogP contribution in [0.2, 0.25) is 0 Å². The lowest BCUT2D eigenvalue weighted by atomic mass is 9.94. The van der Waals surface area contributed by atoms with Crippen molar-refractivity contribution >= 4 is 82.4 Å². The lowest BCUT2D eigenvalue weighted by molar-refractivity contribution is 0.670. The van der Waals surface area contributed by atoms with E-state index < -0.39 is 0 Å². The Kier molecular flexibility index (Phi) is 8.53. The van der Waals surface area contributed by atoms with Crippen LogP contribution in [0.5, 0.6) is 0 Å². The van der Waals surface area contributed by atoms with Crippen LogP contribution in [0.4, 0.5) is 17.1 Å². The smallest absolute Gasteiger partial charge is 0.143 e. The van der Waals surface area contributed by atoms with Gasteiger partial charge in [-0.3, -0.25) is 0 Å². The van der Waals surface area contributed by atoms with Crippen LogP contribution in [0.3, 0.4) is 0 Å². The molecule has 0 bridgehead atoms. The van der Waals surface area contributed by atoms with Crippen molar-refractivity contribution in [1.29, 1.82) is 0 Å². The molecular weight excluding hydrogens is 789 g/mol. The SMILES string of the molecule is c1ccc(-c2cccc(N(c3cccc(-c4cccc5c4ccc4ccccc45)c3)c3cc(-c4ccccc4-n4c5ccccc5c5ccccc54)c4oc5ccccc5c4c3)c2)cc1. The summed E-state index contributed by atoms with van der Waals surface area (Å²) >= 11 is 0. The highest BCUT2D eigenvalue weighted by atomic mass is 16.3. The molecule has 3 nitrogen and oxygen atoms in total. The summed E-state index contributed by atoms with van der Waals surface area (Å²) in [6.07, 6.45) is 0. The van der Waals surface area contributed by atoms with Crippen LogP contribution < -0.4 is 4.90 Å². The van der Waals surface area contributed by atoms with Gasteiger partial charge in [-0.05, 0) is 104 Å². The largest absolute Gasteiger partial charge is 0.455 e. The van der Waals surface area contributed by atoms with Gasteiger partial charge in [-0.1, -0.05) is 182 Å². The molecule has 0 unspecified atom stereocenters. The first kappa shape index (κ1) is 36.9. The fourth-order valence-electron chi connectivity index (χ4n) is 10.2. The number of benzene rings is 11.